The standard InChI is InChI=1S/C12H21F2N3O/c1-9-7-16(8-11(13)14)5-6-17(9)12(18)10-3-2-4-15-10/h9-11,15H,2-8H2,1H3/t9-,10+/m1/s1. The number of carbonyl (C=O) groups excluding carboxylic acids is 1. The van der Waals surface area contributed by atoms with E-state index in [0.29, 0.717) is 19.6 Å². The highest BCUT2D eigenvalue weighted by atomic mass is 19.3. The molecule has 2 atom stereocenters. The number of hydrogen-bond donors (Lipinski definition) is 1. The van der Waals surface area contributed by atoms with Crippen molar-refractivity contribution in [2.24, 2.45) is 0 Å². The molecule has 104 valence electrons. The molecule has 0 aliphatic carbocycles. The van der Waals surface area contributed by atoms with Crippen LogP contribution in [0, 0.1) is 0 Å². The van der Waals surface area contributed by atoms with Crippen molar-refractivity contribution in [3.63, 3.8) is 0 Å². The third-order valence-corrected chi connectivity index (χ3v) is 3.75. The third-order valence-electron chi connectivity index (χ3n) is 3.75. The van der Waals surface area contributed by atoms with E-state index >= 15 is 0 Å². The maximum atomic E-state index is 12.3. The minimum Gasteiger partial charge on any atom is -0.336 e. The van der Waals surface area contributed by atoms with E-state index in [4.69, 9.17) is 0 Å². The van der Waals surface area contributed by atoms with E-state index < -0.39 is 6.43 Å². The van der Waals surface area contributed by atoms with Crippen molar-refractivity contribution in [3.05, 3.63) is 0 Å². The van der Waals surface area contributed by atoms with Gasteiger partial charge in [0.1, 0.15) is 0 Å². The second-order valence-corrected chi connectivity index (χ2v) is 5.18. The van der Waals surface area contributed by atoms with Crippen LogP contribution in [0.1, 0.15) is 19.8 Å². The Labute approximate surface area is 106 Å². The van der Waals surface area contributed by atoms with Crippen molar-refractivity contribution in [3.8, 4) is 0 Å². The lowest BCUT2D eigenvalue weighted by Crippen LogP contribution is -2.57. The summed E-state index contributed by atoms with van der Waals surface area (Å²) in [6.45, 7) is 4.30. The normalized spacial score (nSPS) is 30.1. The molecule has 0 saturated carbocycles. The van der Waals surface area contributed by atoms with Gasteiger partial charge in [0.15, 0.2) is 0 Å². The first kappa shape index (κ1) is 13.7. The molecular formula is C12H21F2N3O. The SMILES string of the molecule is C[C@@H]1CN(CC(F)F)CCN1C(=O)[C@@H]1CCCN1. The molecule has 2 aliphatic rings. The van der Waals surface area contributed by atoms with Gasteiger partial charge in [0, 0.05) is 25.7 Å². The molecule has 0 aromatic heterocycles. The fourth-order valence-electron chi connectivity index (χ4n) is 2.82. The van der Waals surface area contributed by atoms with E-state index in [2.05, 4.69) is 5.32 Å². The zero-order valence-corrected chi connectivity index (χ0v) is 10.7. The molecule has 1 N–H and O–H groups in total. The van der Waals surface area contributed by atoms with E-state index in [1.165, 1.54) is 0 Å². The molecule has 2 aliphatic heterocycles. The van der Waals surface area contributed by atoms with Crippen molar-refractivity contribution < 1.29 is 13.6 Å². The molecule has 2 rings (SSSR count). The lowest BCUT2D eigenvalue weighted by molar-refractivity contribution is -0.137. The summed E-state index contributed by atoms with van der Waals surface area (Å²) in [4.78, 5) is 15.8. The molecule has 18 heavy (non-hydrogen) atoms. The first-order valence-electron chi connectivity index (χ1n) is 6.62. The molecular weight excluding hydrogens is 240 g/mol. The van der Waals surface area contributed by atoms with Gasteiger partial charge in [-0.05, 0) is 26.3 Å². The minimum atomic E-state index is -2.30. The molecule has 0 spiro atoms. The Kier molecular flexibility index (Phi) is 4.50. The van der Waals surface area contributed by atoms with Gasteiger partial charge in [0.2, 0.25) is 5.91 Å². The molecule has 0 aromatic rings. The van der Waals surface area contributed by atoms with Crippen molar-refractivity contribution in [1.29, 1.82) is 0 Å². The molecule has 0 radical (unpaired) electrons. The fraction of sp³-hybridized carbons (Fsp3) is 0.917. The molecule has 2 fully saturated rings. The van der Waals surface area contributed by atoms with Crippen molar-refractivity contribution >= 4 is 5.91 Å². The molecule has 2 heterocycles. The topological polar surface area (TPSA) is 35.6 Å². The van der Waals surface area contributed by atoms with Crippen LogP contribution in [0.25, 0.3) is 0 Å². The van der Waals surface area contributed by atoms with Gasteiger partial charge < -0.3 is 10.2 Å². The number of carbonyl (C=O) groups is 1. The first-order valence-corrected chi connectivity index (χ1v) is 6.62. The van der Waals surface area contributed by atoms with Gasteiger partial charge in [-0.3, -0.25) is 9.69 Å². The smallest absolute Gasteiger partial charge is 0.251 e. The van der Waals surface area contributed by atoms with Gasteiger partial charge in [-0.1, -0.05) is 0 Å². The third kappa shape index (κ3) is 3.17. The molecule has 6 heteroatoms. The number of alkyl halides is 2. The van der Waals surface area contributed by atoms with Crippen LogP contribution in [0.4, 0.5) is 8.78 Å². The molecule has 0 aromatic carbocycles. The summed E-state index contributed by atoms with van der Waals surface area (Å²) in [5.74, 6) is 0.136. The second-order valence-electron chi connectivity index (χ2n) is 5.18. The van der Waals surface area contributed by atoms with Crippen LogP contribution in [0.2, 0.25) is 0 Å². The summed E-state index contributed by atoms with van der Waals surface area (Å²) in [7, 11) is 0. The second kappa shape index (κ2) is 5.93. The van der Waals surface area contributed by atoms with Crippen LogP contribution in [-0.2, 0) is 4.79 Å². The van der Waals surface area contributed by atoms with Gasteiger partial charge in [-0.15, -0.1) is 0 Å². The molecule has 0 unspecified atom stereocenters. The summed E-state index contributed by atoms with van der Waals surface area (Å²) in [6, 6.07) is -0.0403. The average Bonchev–Trinajstić information content (AvgIpc) is 2.80. The predicted octanol–water partition coefficient (Wildman–Crippen LogP) is 0.536. The summed E-state index contributed by atoms with van der Waals surface area (Å²) >= 11 is 0. The molecule has 4 nitrogen and oxygen atoms in total. The van der Waals surface area contributed by atoms with Crippen LogP contribution < -0.4 is 5.32 Å². The van der Waals surface area contributed by atoms with Crippen molar-refractivity contribution in [2.45, 2.75) is 38.3 Å². The Morgan fingerprint density at radius 3 is 2.78 bits per heavy atom. The van der Waals surface area contributed by atoms with Crippen LogP contribution in [0.15, 0.2) is 0 Å². The quantitative estimate of drug-likeness (QED) is 0.805. The van der Waals surface area contributed by atoms with E-state index in [0.717, 1.165) is 19.4 Å². The molecule has 2 saturated heterocycles. The summed E-state index contributed by atoms with van der Waals surface area (Å²) in [6.07, 6.45) is -0.366. The lowest BCUT2D eigenvalue weighted by Gasteiger charge is -2.40. The number of rotatable bonds is 3. The van der Waals surface area contributed by atoms with Crippen molar-refractivity contribution in [2.75, 3.05) is 32.7 Å². The first-order chi connectivity index (χ1) is 8.58. The monoisotopic (exact) mass is 261 g/mol. The van der Waals surface area contributed by atoms with Gasteiger partial charge in [0.05, 0.1) is 12.6 Å². The number of hydrogen-bond acceptors (Lipinski definition) is 3. The number of amides is 1. The lowest BCUT2D eigenvalue weighted by atomic mass is 10.1. The van der Waals surface area contributed by atoms with Crippen LogP contribution in [-0.4, -0.2) is 66.9 Å². The predicted molar refractivity (Wildman–Crippen MR) is 64.6 cm³/mol. The van der Waals surface area contributed by atoms with Gasteiger partial charge >= 0.3 is 0 Å². The highest BCUT2D eigenvalue weighted by Crippen LogP contribution is 2.15. The summed E-state index contributed by atoms with van der Waals surface area (Å²) in [5, 5.41) is 3.19. The Morgan fingerprint density at radius 1 is 1.44 bits per heavy atom. The van der Waals surface area contributed by atoms with Crippen LogP contribution in [0.5, 0.6) is 0 Å². The number of halogens is 2. The zero-order valence-electron chi connectivity index (χ0n) is 10.7. The summed E-state index contributed by atoms with van der Waals surface area (Å²) < 4.78 is 24.6. The number of piperazine rings is 1. The highest BCUT2D eigenvalue weighted by molar-refractivity contribution is 5.82. The maximum absolute atomic E-state index is 12.3. The van der Waals surface area contributed by atoms with E-state index in [-0.39, 0.29) is 24.5 Å². The van der Waals surface area contributed by atoms with Crippen molar-refractivity contribution in [1.82, 2.24) is 15.1 Å². The summed E-state index contributed by atoms with van der Waals surface area (Å²) in [5.41, 5.74) is 0. The fourth-order valence-corrected chi connectivity index (χ4v) is 2.82. The Balaban J connectivity index is 1.86. The van der Waals surface area contributed by atoms with Crippen LogP contribution >= 0.6 is 0 Å². The van der Waals surface area contributed by atoms with Crippen LogP contribution in [0.3, 0.4) is 0 Å². The zero-order chi connectivity index (χ0) is 13.1. The average molecular weight is 261 g/mol. The Morgan fingerprint density at radius 2 is 2.22 bits per heavy atom. The number of nitrogens with one attached hydrogen (secondary N) is 1. The van der Waals surface area contributed by atoms with Gasteiger partial charge in [0.25, 0.3) is 6.43 Å². The maximum Gasteiger partial charge on any atom is 0.251 e. The van der Waals surface area contributed by atoms with E-state index in [1.807, 2.05) is 11.8 Å². The Bertz CT molecular complexity index is 295. The Hall–Kier alpha value is -0.750. The van der Waals surface area contributed by atoms with E-state index in [9.17, 15) is 13.6 Å². The number of nitrogens with zero attached hydrogens (tertiary/aromatic N) is 2. The highest BCUT2D eigenvalue weighted by Gasteiger charge is 2.33. The van der Waals surface area contributed by atoms with Gasteiger partial charge in [-0.25, -0.2) is 8.78 Å². The van der Waals surface area contributed by atoms with E-state index in [1.54, 1.807) is 4.90 Å². The largest absolute Gasteiger partial charge is 0.336 e. The van der Waals surface area contributed by atoms with Gasteiger partial charge in [-0.2, -0.15) is 0 Å². The minimum absolute atomic E-state index is 0.0207. The molecule has 0 bridgehead atoms. The molecule has 1 amide bonds.